The Morgan fingerprint density at radius 3 is 2.50 bits per heavy atom. The van der Waals surface area contributed by atoms with Gasteiger partial charge in [0.1, 0.15) is 0 Å². The number of nitrogens with zero attached hydrogens (tertiary/aromatic N) is 3. The molecule has 0 saturated carbocycles. The topological polar surface area (TPSA) is 18.8 Å². The first-order valence-corrected chi connectivity index (χ1v) is 2.73. The molecule has 3 heteroatoms. The average molecular weight is 113 g/mol. The molecule has 1 aliphatic rings. The molecule has 0 unspecified atom stereocenters. The van der Waals surface area contributed by atoms with Gasteiger partial charge < -0.3 is 0 Å². The van der Waals surface area contributed by atoms with Gasteiger partial charge in [-0.25, -0.2) is 0 Å². The van der Waals surface area contributed by atoms with Gasteiger partial charge in [0.25, 0.3) is 0 Å². The Balaban J connectivity index is 2.32. The van der Waals surface area contributed by atoms with Crippen LogP contribution in [-0.4, -0.2) is 43.4 Å². The standard InChI is InChI=1S/C5H11N3/c1-6-8-4-3-7(2)5-8/h1,3-5H2,2H3. The van der Waals surface area contributed by atoms with E-state index < -0.39 is 0 Å². The van der Waals surface area contributed by atoms with Gasteiger partial charge in [-0.1, -0.05) is 0 Å². The first-order chi connectivity index (χ1) is 3.83. The average Bonchev–Trinajstić information content (AvgIpc) is 2.14. The lowest BCUT2D eigenvalue weighted by atomic mass is 10.7. The van der Waals surface area contributed by atoms with E-state index in [1.807, 2.05) is 5.01 Å². The second-order valence-corrected chi connectivity index (χ2v) is 2.09. The summed E-state index contributed by atoms with van der Waals surface area (Å²) in [6.45, 7) is 6.50. The molecule has 0 spiro atoms. The molecule has 0 N–H and O–H groups in total. The van der Waals surface area contributed by atoms with E-state index in [9.17, 15) is 0 Å². The van der Waals surface area contributed by atoms with Crippen LogP contribution in [0.25, 0.3) is 0 Å². The van der Waals surface area contributed by atoms with E-state index in [0.29, 0.717) is 0 Å². The molecule has 1 saturated heterocycles. The number of hydrazone groups is 1. The molecule has 8 heavy (non-hydrogen) atoms. The Morgan fingerprint density at radius 1 is 1.50 bits per heavy atom. The molecule has 0 radical (unpaired) electrons. The fraction of sp³-hybridized carbons (Fsp3) is 0.800. The molecule has 1 heterocycles. The third-order valence-electron chi connectivity index (χ3n) is 1.34. The van der Waals surface area contributed by atoms with Crippen molar-refractivity contribution in [3.8, 4) is 0 Å². The Kier molecular flexibility index (Phi) is 1.48. The normalized spacial score (nSPS) is 21.9. The van der Waals surface area contributed by atoms with Crippen molar-refractivity contribution in [2.24, 2.45) is 5.10 Å². The highest BCUT2D eigenvalue weighted by atomic mass is 15.5. The van der Waals surface area contributed by atoms with Gasteiger partial charge in [-0.15, -0.1) is 0 Å². The first kappa shape index (κ1) is 5.56. The van der Waals surface area contributed by atoms with Crippen LogP contribution in [0, 0.1) is 0 Å². The largest absolute Gasteiger partial charge is 0.286 e. The molecule has 3 nitrogen and oxygen atoms in total. The van der Waals surface area contributed by atoms with Crippen LogP contribution >= 0.6 is 0 Å². The maximum absolute atomic E-state index is 3.78. The van der Waals surface area contributed by atoms with E-state index >= 15 is 0 Å². The van der Waals surface area contributed by atoms with Gasteiger partial charge in [0, 0.05) is 13.3 Å². The van der Waals surface area contributed by atoms with Crippen molar-refractivity contribution in [2.75, 3.05) is 26.8 Å². The second kappa shape index (κ2) is 2.13. The van der Waals surface area contributed by atoms with Crippen LogP contribution in [-0.2, 0) is 0 Å². The van der Waals surface area contributed by atoms with Crippen molar-refractivity contribution in [3.63, 3.8) is 0 Å². The molecule has 0 bridgehead atoms. The third-order valence-corrected chi connectivity index (χ3v) is 1.34. The summed E-state index contributed by atoms with van der Waals surface area (Å²) in [5.41, 5.74) is 0. The van der Waals surface area contributed by atoms with Gasteiger partial charge in [0.15, 0.2) is 0 Å². The van der Waals surface area contributed by atoms with Gasteiger partial charge in [-0.2, -0.15) is 5.10 Å². The molecule has 0 aromatic heterocycles. The monoisotopic (exact) mass is 113 g/mol. The lowest BCUT2D eigenvalue weighted by Crippen LogP contribution is -2.17. The zero-order valence-electron chi connectivity index (χ0n) is 5.17. The van der Waals surface area contributed by atoms with E-state index in [1.165, 1.54) is 0 Å². The minimum absolute atomic E-state index is 0.934. The van der Waals surface area contributed by atoms with Crippen LogP contribution in [0.1, 0.15) is 0 Å². The number of hydrogen-bond acceptors (Lipinski definition) is 3. The summed E-state index contributed by atoms with van der Waals surface area (Å²) in [5.74, 6) is 0. The number of hydrogen-bond donors (Lipinski definition) is 0. The van der Waals surface area contributed by atoms with Crippen LogP contribution < -0.4 is 0 Å². The second-order valence-electron chi connectivity index (χ2n) is 2.09. The molecule has 46 valence electrons. The summed E-state index contributed by atoms with van der Waals surface area (Å²) in [5, 5.41) is 5.72. The number of rotatable bonds is 1. The van der Waals surface area contributed by atoms with Gasteiger partial charge >= 0.3 is 0 Å². The minimum atomic E-state index is 0.934. The zero-order chi connectivity index (χ0) is 5.98. The fourth-order valence-electron chi connectivity index (χ4n) is 0.822. The summed E-state index contributed by atoms with van der Waals surface area (Å²) in [4.78, 5) is 2.20. The van der Waals surface area contributed by atoms with Gasteiger partial charge in [0.05, 0.1) is 13.2 Å². The Bertz CT molecular complexity index is 91.7. The smallest absolute Gasteiger partial charge is 0.0877 e. The summed E-state index contributed by atoms with van der Waals surface area (Å²) in [6, 6.07) is 0. The fourth-order valence-corrected chi connectivity index (χ4v) is 0.822. The van der Waals surface area contributed by atoms with Crippen molar-refractivity contribution in [1.29, 1.82) is 0 Å². The Labute approximate surface area is 49.6 Å². The highest BCUT2D eigenvalue weighted by molar-refractivity contribution is 5.22. The maximum Gasteiger partial charge on any atom is 0.0877 e. The SMILES string of the molecule is C=NN1CCN(C)C1. The molecular formula is C5H11N3. The van der Waals surface area contributed by atoms with Crippen molar-refractivity contribution < 1.29 is 0 Å². The van der Waals surface area contributed by atoms with E-state index in [1.54, 1.807) is 0 Å². The highest BCUT2D eigenvalue weighted by Gasteiger charge is 2.11. The quantitative estimate of drug-likeness (QED) is 0.439. The summed E-state index contributed by atoms with van der Waals surface area (Å²) in [6.07, 6.45) is 0. The van der Waals surface area contributed by atoms with Gasteiger partial charge in [-0.3, -0.25) is 9.91 Å². The minimum Gasteiger partial charge on any atom is -0.286 e. The molecule has 0 amide bonds. The lowest BCUT2D eigenvalue weighted by Gasteiger charge is -2.08. The summed E-state index contributed by atoms with van der Waals surface area (Å²) >= 11 is 0. The predicted octanol–water partition coefficient (Wildman–Crippen LogP) is -0.193. The highest BCUT2D eigenvalue weighted by Crippen LogP contribution is 1.99. The summed E-state index contributed by atoms with van der Waals surface area (Å²) in [7, 11) is 2.07. The van der Waals surface area contributed by atoms with E-state index in [-0.39, 0.29) is 0 Å². The molecule has 1 fully saturated rings. The van der Waals surface area contributed by atoms with Gasteiger partial charge in [-0.05, 0) is 7.05 Å². The molecule has 0 aromatic rings. The zero-order valence-corrected chi connectivity index (χ0v) is 5.17. The molecule has 0 aliphatic carbocycles. The molecule has 0 atom stereocenters. The maximum atomic E-state index is 3.78. The van der Waals surface area contributed by atoms with E-state index in [0.717, 1.165) is 19.8 Å². The molecule has 1 rings (SSSR count). The predicted molar refractivity (Wildman–Crippen MR) is 33.8 cm³/mol. The van der Waals surface area contributed by atoms with Crippen LogP contribution in [0.4, 0.5) is 0 Å². The third kappa shape index (κ3) is 0.980. The molecular weight excluding hydrogens is 102 g/mol. The van der Waals surface area contributed by atoms with Crippen molar-refractivity contribution in [3.05, 3.63) is 0 Å². The van der Waals surface area contributed by atoms with Crippen molar-refractivity contribution in [1.82, 2.24) is 9.91 Å². The van der Waals surface area contributed by atoms with Crippen LogP contribution in [0.15, 0.2) is 5.10 Å². The van der Waals surface area contributed by atoms with Crippen molar-refractivity contribution >= 4 is 6.72 Å². The summed E-state index contributed by atoms with van der Waals surface area (Å²) < 4.78 is 0. The Morgan fingerprint density at radius 2 is 2.25 bits per heavy atom. The van der Waals surface area contributed by atoms with Crippen LogP contribution in [0.5, 0.6) is 0 Å². The first-order valence-electron chi connectivity index (χ1n) is 2.73. The number of likely N-dealkylation sites (N-methyl/N-ethyl adjacent to an activating group) is 1. The van der Waals surface area contributed by atoms with Crippen molar-refractivity contribution in [2.45, 2.75) is 0 Å². The lowest BCUT2D eigenvalue weighted by molar-refractivity contribution is 0.288. The van der Waals surface area contributed by atoms with E-state index in [4.69, 9.17) is 0 Å². The molecule has 1 aliphatic heterocycles. The van der Waals surface area contributed by atoms with Gasteiger partial charge in [0.2, 0.25) is 0 Å². The van der Waals surface area contributed by atoms with Crippen LogP contribution in [0.3, 0.4) is 0 Å². The Hall–Kier alpha value is -0.570. The molecule has 0 aromatic carbocycles. The van der Waals surface area contributed by atoms with E-state index in [2.05, 4.69) is 23.8 Å². The van der Waals surface area contributed by atoms with Crippen LogP contribution in [0.2, 0.25) is 0 Å².